The average molecular weight is 406 g/mol. The quantitative estimate of drug-likeness (QED) is 0.195. The van der Waals surface area contributed by atoms with Crippen molar-refractivity contribution in [2.75, 3.05) is 0 Å². The maximum atomic E-state index is 12.0. The summed E-state index contributed by atoms with van der Waals surface area (Å²) in [6, 6.07) is 34.1. The fourth-order valence-corrected chi connectivity index (χ4v) is 3.46. The largest absolute Gasteiger partial charge is 0.381 e. The number of benzene rings is 4. The van der Waals surface area contributed by atoms with Crippen LogP contribution in [0.5, 0.6) is 5.75 Å². The molecule has 0 unspecified atom stereocenters. The second-order valence-electron chi connectivity index (χ2n) is 7.19. The lowest BCUT2D eigenvalue weighted by atomic mass is 9.87. The highest BCUT2D eigenvalue weighted by atomic mass is 17.2. The summed E-state index contributed by atoms with van der Waals surface area (Å²) in [5.41, 5.74) is 6.26. The molecule has 0 saturated carbocycles. The van der Waals surface area contributed by atoms with Crippen LogP contribution in [0.15, 0.2) is 115 Å². The highest BCUT2D eigenvalue weighted by Gasteiger charge is 2.20. The van der Waals surface area contributed by atoms with Crippen molar-refractivity contribution in [3.8, 4) is 39.1 Å². The van der Waals surface area contributed by atoms with E-state index < -0.39 is 5.97 Å². The first-order valence-corrected chi connectivity index (χ1v) is 10.0. The van der Waals surface area contributed by atoms with Crippen molar-refractivity contribution in [1.82, 2.24) is 0 Å². The number of carbonyl (C=O) groups excluding carboxylic acids is 1. The van der Waals surface area contributed by atoms with Gasteiger partial charge in [0.05, 0.1) is 0 Å². The standard InChI is InChI=1S/C28H22O3/c1-20(2)28(29)31-30-25-19-18-24(21-12-6-3-7-13-21)26(22-14-8-4-9-15-22)27(25)23-16-10-5-11-17-23/h3-19H,1H2,2H3. The van der Waals surface area contributed by atoms with Crippen LogP contribution in [0.3, 0.4) is 0 Å². The van der Waals surface area contributed by atoms with Gasteiger partial charge in [-0.25, -0.2) is 9.68 Å². The predicted molar refractivity (Wildman–Crippen MR) is 124 cm³/mol. The summed E-state index contributed by atoms with van der Waals surface area (Å²) in [6.07, 6.45) is 0. The minimum Gasteiger partial charge on any atom is -0.286 e. The number of hydrogen-bond acceptors (Lipinski definition) is 3. The van der Waals surface area contributed by atoms with Crippen LogP contribution in [0, 0.1) is 0 Å². The molecule has 4 rings (SSSR count). The van der Waals surface area contributed by atoms with E-state index in [4.69, 9.17) is 9.78 Å². The predicted octanol–water partition coefficient (Wildman–Crippen LogP) is 7.10. The van der Waals surface area contributed by atoms with Gasteiger partial charge < -0.3 is 0 Å². The first-order chi connectivity index (χ1) is 15.1. The Morgan fingerprint density at radius 1 is 0.645 bits per heavy atom. The minimum absolute atomic E-state index is 0.269. The van der Waals surface area contributed by atoms with Crippen LogP contribution in [-0.4, -0.2) is 5.97 Å². The van der Waals surface area contributed by atoms with Gasteiger partial charge in [0, 0.05) is 16.7 Å². The summed E-state index contributed by atoms with van der Waals surface area (Å²) in [5, 5.41) is 0. The lowest BCUT2D eigenvalue weighted by molar-refractivity contribution is -0.208. The van der Waals surface area contributed by atoms with Crippen molar-refractivity contribution >= 4 is 5.97 Å². The molecule has 31 heavy (non-hydrogen) atoms. The van der Waals surface area contributed by atoms with Crippen LogP contribution in [-0.2, 0) is 9.68 Å². The molecule has 0 aliphatic carbocycles. The van der Waals surface area contributed by atoms with E-state index in [9.17, 15) is 4.79 Å². The summed E-state index contributed by atoms with van der Waals surface area (Å²) in [5.74, 6) is -0.147. The summed E-state index contributed by atoms with van der Waals surface area (Å²) < 4.78 is 0. The highest BCUT2D eigenvalue weighted by molar-refractivity contribution is 5.97. The maximum absolute atomic E-state index is 12.0. The fraction of sp³-hybridized carbons (Fsp3) is 0.0357. The summed E-state index contributed by atoms with van der Waals surface area (Å²) in [7, 11) is 0. The van der Waals surface area contributed by atoms with Gasteiger partial charge >= 0.3 is 5.97 Å². The molecule has 0 aromatic heterocycles. The zero-order chi connectivity index (χ0) is 21.6. The third kappa shape index (κ3) is 4.41. The van der Waals surface area contributed by atoms with E-state index in [0.717, 1.165) is 33.4 Å². The molecule has 0 heterocycles. The topological polar surface area (TPSA) is 35.5 Å². The van der Waals surface area contributed by atoms with E-state index in [1.165, 1.54) is 0 Å². The lowest BCUT2D eigenvalue weighted by Crippen LogP contribution is -2.09. The molecule has 0 amide bonds. The van der Waals surface area contributed by atoms with Crippen LogP contribution >= 0.6 is 0 Å². The molecule has 0 fully saturated rings. The van der Waals surface area contributed by atoms with Crippen LogP contribution < -0.4 is 4.89 Å². The van der Waals surface area contributed by atoms with Crippen molar-refractivity contribution in [3.63, 3.8) is 0 Å². The van der Waals surface area contributed by atoms with E-state index in [-0.39, 0.29) is 5.57 Å². The lowest BCUT2D eigenvalue weighted by Gasteiger charge is -2.19. The molecule has 0 spiro atoms. The first-order valence-electron chi connectivity index (χ1n) is 10.0. The monoisotopic (exact) mass is 406 g/mol. The summed E-state index contributed by atoms with van der Waals surface area (Å²) in [6.45, 7) is 5.19. The molecule has 0 N–H and O–H groups in total. The first kappa shape index (κ1) is 20.2. The van der Waals surface area contributed by atoms with Gasteiger partial charge in [0.1, 0.15) is 0 Å². The van der Waals surface area contributed by atoms with Crippen LogP contribution in [0.4, 0.5) is 0 Å². The Morgan fingerprint density at radius 2 is 1.13 bits per heavy atom. The second-order valence-corrected chi connectivity index (χ2v) is 7.19. The molecule has 4 aromatic rings. The maximum Gasteiger partial charge on any atom is 0.381 e. The van der Waals surface area contributed by atoms with Crippen LogP contribution in [0.2, 0.25) is 0 Å². The average Bonchev–Trinajstić information content (AvgIpc) is 2.83. The number of hydrogen-bond donors (Lipinski definition) is 0. The Labute approximate surface area is 182 Å². The molecular formula is C28H22O3. The zero-order valence-corrected chi connectivity index (χ0v) is 17.2. The van der Waals surface area contributed by atoms with Gasteiger partial charge in [0.25, 0.3) is 0 Å². The van der Waals surface area contributed by atoms with Gasteiger partial charge in [-0.1, -0.05) is 97.6 Å². The van der Waals surface area contributed by atoms with Crippen LogP contribution in [0.1, 0.15) is 6.92 Å². The van der Waals surface area contributed by atoms with E-state index >= 15 is 0 Å². The molecular weight excluding hydrogens is 384 g/mol. The SMILES string of the molecule is C=C(C)C(=O)OOc1ccc(-c2ccccc2)c(-c2ccccc2)c1-c1ccccc1. The normalized spacial score (nSPS) is 10.4. The Kier molecular flexibility index (Phi) is 5.95. The van der Waals surface area contributed by atoms with Crippen molar-refractivity contribution < 1.29 is 14.6 Å². The third-order valence-electron chi connectivity index (χ3n) is 4.93. The molecule has 0 aliphatic heterocycles. The van der Waals surface area contributed by atoms with Gasteiger partial charge in [-0.15, -0.1) is 0 Å². The van der Waals surface area contributed by atoms with E-state index in [0.29, 0.717) is 5.75 Å². The van der Waals surface area contributed by atoms with Gasteiger partial charge in [-0.05, 0) is 41.3 Å². The minimum atomic E-state index is -0.604. The Bertz CT molecular complexity index is 1200. The molecule has 0 radical (unpaired) electrons. The van der Waals surface area contributed by atoms with E-state index in [2.05, 4.69) is 30.8 Å². The van der Waals surface area contributed by atoms with Crippen molar-refractivity contribution in [3.05, 3.63) is 115 Å². The number of rotatable bonds is 6. The second kappa shape index (κ2) is 9.14. The summed E-state index contributed by atoms with van der Waals surface area (Å²) >= 11 is 0. The molecule has 3 heteroatoms. The molecule has 4 aromatic carbocycles. The van der Waals surface area contributed by atoms with E-state index in [1.807, 2.05) is 78.9 Å². The zero-order valence-electron chi connectivity index (χ0n) is 17.2. The molecule has 0 bridgehead atoms. The van der Waals surface area contributed by atoms with Crippen molar-refractivity contribution in [1.29, 1.82) is 0 Å². The molecule has 152 valence electrons. The van der Waals surface area contributed by atoms with Gasteiger partial charge in [-0.2, -0.15) is 0 Å². The summed E-state index contributed by atoms with van der Waals surface area (Å²) in [4.78, 5) is 22.6. The Morgan fingerprint density at radius 3 is 1.65 bits per heavy atom. The van der Waals surface area contributed by atoms with Crippen LogP contribution in [0.25, 0.3) is 33.4 Å². The van der Waals surface area contributed by atoms with Crippen molar-refractivity contribution in [2.24, 2.45) is 0 Å². The van der Waals surface area contributed by atoms with Crippen molar-refractivity contribution in [2.45, 2.75) is 6.92 Å². The molecule has 0 aliphatic rings. The fourth-order valence-electron chi connectivity index (χ4n) is 3.46. The number of carbonyl (C=O) groups is 1. The van der Waals surface area contributed by atoms with Gasteiger partial charge in [-0.3, -0.25) is 4.89 Å². The van der Waals surface area contributed by atoms with E-state index in [1.54, 1.807) is 6.92 Å². The highest BCUT2D eigenvalue weighted by Crippen LogP contribution is 2.45. The Balaban J connectivity index is 1.98. The molecule has 0 atom stereocenters. The smallest absolute Gasteiger partial charge is 0.286 e. The van der Waals surface area contributed by atoms with Gasteiger partial charge in [0.2, 0.25) is 0 Å². The Hall–Kier alpha value is -4.11. The van der Waals surface area contributed by atoms with Gasteiger partial charge in [0.15, 0.2) is 5.75 Å². The molecule has 3 nitrogen and oxygen atoms in total. The molecule has 0 saturated heterocycles. The third-order valence-corrected chi connectivity index (χ3v) is 4.93.